The third-order valence-electron chi connectivity index (χ3n) is 9.02. The first kappa shape index (κ1) is 46.3. The fraction of sp³-hybridized carbons (Fsp3) is 0.718. The average molecular weight is 733 g/mol. The molecular weight excluding hydrogens is 662 g/mol. The summed E-state index contributed by atoms with van der Waals surface area (Å²) in [5.74, 6) is -2.11. The van der Waals surface area contributed by atoms with Crippen molar-refractivity contribution in [3.05, 3.63) is 23.8 Å². The molecule has 296 valence electrons. The second-order valence-corrected chi connectivity index (χ2v) is 13.7. The van der Waals surface area contributed by atoms with E-state index in [1.165, 1.54) is 120 Å². The molecule has 1 unspecified atom stereocenters. The number of unbranched alkanes of at least 4 members (excludes halogenated alkanes) is 16. The van der Waals surface area contributed by atoms with E-state index in [1.807, 2.05) is 0 Å². The molecule has 52 heavy (non-hydrogen) atoms. The minimum absolute atomic E-state index is 0.0111. The summed E-state index contributed by atoms with van der Waals surface area (Å²) in [6.07, 6.45) is 22.7. The number of carbonyl (C=O) groups is 4. The molecule has 13 nitrogen and oxygen atoms in total. The zero-order valence-electron chi connectivity index (χ0n) is 32.2. The first-order valence-electron chi connectivity index (χ1n) is 19.8. The number of amides is 3. The van der Waals surface area contributed by atoms with Crippen molar-refractivity contribution in [1.29, 1.82) is 0 Å². The van der Waals surface area contributed by atoms with Gasteiger partial charge in [0.05, 0.1) is 31.0 Å². The van der Waals surface area contributed by atoms with E-state index in [4.69, 9.17) is 21.9 Å². The standard InChI is InChI=1S/C39H69N7O6/c1-3-4-5-6-7-8-9-10-11-12-13-14-15-16-17-20-26-43-37(49)34(21-18-19-25-40)45-36(48)24-28-52-29-27-46(39(41)42)35-30-32(38(50)51)22-23-33(35)44-31(2)47/h22-23,30,34H,3-21,24-29,40H2,1-2H3,(H7,41,42,43,44,45,47,48,49,50,51)/p+1. The number of nitrogens with zero attached hydrogens (tertiary/aromatic N) is 1. The zero-order valence-corrected chi connectivity index (χ0v) is 32.2. The molecule has 0 bridgehead atoms. The summed E-state index contributed by atoms with van der Waals surface area (Å²) < 4.78 is 7.09. The van der Waals surface area contributed by atoms with Crippen molar-refractivity contribution < 1.29 is 33.6 Å². The molecule has 1 aromatic carbocycles. The van der Waals surface area contributed by atoms with Crippen LogP contribution < -0.4 is 33.2 Å². The van der Waals surface area contributed by atoms with Gasteiger partial charge in [0, 0.05) is 19.9 Å². The fourth-order valence-electron chi connectivity index (χ4n) is 6.03. The number of hydrogen-bond donors (Lipinski definition) is 7. The molecule has 0 radical (unpaired) electrons. The van der Waals surface area contributed by atoms with E-state index >= 15 is 0 Å². The molecule has 13 heteroatoms. The van der Waals surface area contributed by atoms with E-state index in [-0.39, 0.29) is 55.4 Å². The minimum atomic E-state index is -1.15. The molecule has 0 fully saturated rings. The number of nitrogens with two attached hydrogens (primary N) is 3. The van der Waals surface area contributed by atoms with Crippen LogP contribution in [0.4, 0.5) is 11.4 Å². The summed E-state index contributed by atoms with van der Waals surface area (Å²) in [5, 5.41) is 17.9. The maximum absolute atomic E-state index is 13.0. The first-order valence-corrected chi connectivity index (χ1v) is 19.8. The van der Waals surface area contributed by atoms with Crippen molar-refractivity contribution >= 4 is 41.0 Å². The van der Waals surface area contributed by atoms with Crippen LogP contribution in [-0.2, 0) is 19.1 Å². The van der Waals surface area contributed by atoms with Crippen molar-refractivity contribution in [2.75, 3.05) is 38.2 Å². The number of carboxylic acid groups (broad SMARTS) is 1. The number of carboxylic acids is 1. The van der Waals surface area contributed by atoms with Crippen LogP contribution in [-0.4, -0.2) is 78.2 Å². The molecule has 3 amide bonds. The predicted octanol–water partition coefficient (Wildman–Crippen LogP) is 5.66. The van der Waals surface area contributed by atoms with Crippen LogP contribution in [0.2, 0.25) is 0 Å². The quantitative estimate of drug-likeness (QED) is 0.0210. The van der Waals surface area contributed by atoms with Crippen LogP contribution in [0.25, 0.3) is 0 Å². The highest BCUT2D eigenvalue weighted by atomic mass is 16.5. The summed E-state index contributed by atoms with van der Waals surface area (Å²) in [5.41, 5.74) is 18.1. The molecule has 0 saturated heterocycles. The average Bonchev–Trinajstić information content (AvgIpc) is 3.10. The highest BCUT2D eigenvalue weighted by Crippen LogP contribution is 2.26. The molecule has 0 spiro atoms. The van der Waals surface area contributed by atoms with Crippen LogP contribution in [0, 0.1) is 0 Å². The van der Waals surface area contributed by atoms with Gasteiger partial charge in [-0.15, -0.1) is 0 Å². The third-order valence-corrected chi connectivity index (χ3v) is 9.02. The zero-order chi connectivity index (χ0) is 38.4. The lowest BCUT2D eigenvalue weighted by atomic mass is 10.0. The molecule has 0 aliphatic carbocycles. The van der Waals surface area contributed by atoms with Gasteiger partial charge in [0.2, 0.25) is 17.7 Å². The number of benzene rings is 1. The largest absolute Gasteiger partial charge is 0.478 e. The molecule has 0 aliphatic rings. The van der Waals surface area contributed by atoms with Gasteiger partial charge in [-0.25, -0.2) is 9.37 Å². The number of carbonyl (C=O) groups excluding carboxylic acids is 3. The Labute approximate surface area is 312 Å². The number of hydrogen-bond acceptors (Lipinski definition) is 6. The van der Waals surface area contributed by atoms with E-state index in [1.54, 1.807) is 0 Å². The van der Waals surface area contributed by atoms with E-state index < -0.39 is 12.0 Å². The molecule has 0 aliphatic heterocycles. The molecule has 0 heterocycles. The molecule has 1 atom stereocenters. The number of guanidine groups is 1. The van der Waals surface area contributed by atoms with Crippen molar-refractivity contribution in [2.45, 2.75) is 148 Å². The molecule has 1 aromatic rings. The lowest BCUT2D eigenvalue weighted by molar-refractivity contribution is -0.446. The Morgan fingerprint density at radius 2 is 1.38 bits per heavy atom. The predicted molar refractivity (Wildman–Crippen MR) is 209 cm³/mol. The Morgan fingerprint density at radius 1 is 0.808 bits per heavy atom. The van der Waals surface area contributed by atoms with Crippen LogP contribution in [0.1, 0.15) is 153 Å². The molecule has 1 rings (SSSR count). The first-order chi connectivity index (χ1) is 25.1. The smallest absolute Gasteiger partial charge is 0.346 e. The van der Waals surface area contributed by atoms with Gasteiger partial charge in [-0.2, -0.15) is 0 Å². The molecule has 10 N–H and O–H groups in total. The fourth-order valence-corrected chi connectivity index (χ4v) is 6.03. The topological polar surface area (TPSA) is 215 Å². The van der Waals surface area contributed by atoms with Crippen molar-refractivity contribution in [3.8, 4) is 0 Å². The van der Waals surface area contributed by atoms with Gasteiger partial charge in [0.1, 0.15) is 11.7 Å². The van der Waals surface area contributed by atoms with E-state index in [0.717, 1.165) is 25.7 Å². The lowest BCUT2D eigenvalue weighted by Gasteiger charge is -2.19. The summed E-state index contributed by atoms with van der Waals surface area (Å²) >= 11 is 0. The maximum Gasteiger partial charge on any atom is 0.346 e. The van der Waals surface area contributed by atoms with E-state index in [2.05, 4.69) is 22.9 Å². The van der Waals surface area contributed by atoms with Crippen LogP contribution in [0.15, 0.2) is 18.2 Å². The second-order valence-electron chi connectivity index (χ2n) is 13.7. The lowest BCUT2D eigenvalue weighted by Crippen LogP contribution is -2.47. The Hall–Kier alpha value is -3.71. The summed E-state index contributed by atoms with van der Waals surface area (Å²) in [6, 6.07) is 3.54. The van der Waals surface area contributed by atoms with Crippen LogP contribution >= 0.6 is 0 Å². The highest BCUT2D eigenvalue weighted by Gasteiger charge is 2.21. The van der Waals surface area contributed by atoms with Gasteiger partial charge in [0.25, 0.3) is 0 Å². The number of aromatic carboxylic acids is 1. The number of rotatable bonds is 32. The van der Waals surface area contributed by atoms with Gasteiger partial charge >= 0.3 is 11.9 Å². The van der Waals surface area contributed by atoms with Gasteiger partial charge < -0.3 is 31.5 Å². The summed E-state index contributed by atoms with van der Waals surface area (Å²) in [4.78, 5) is 49.0. The summed E-state index contributed by atoms with van der Waals surface area (Å²) in [6.45, 7) is 5.00. The van der Waals surface area contributed by atoms with E-state index in [9.17, 15) is 24.3 Å². The molecule has 0 saturated carbocycles. The van der Waals surface area contributed by atoms with Gasteiger partial charge in [-0.1, -0.05) is 103 Å². The number of ether oxygens (including phenoxy) is 1. The normalized spacial score (nSPS) is 11.5. The molecular formula is C39H70N7O6+. The monoisotopic (exact) mass is 733 g/mol. The van der Waals surface area contributed by atoms with Crippen molar-refractivity contribution in [2.24, 2.45) is 17.2 Å². The van der Waals surface area contributed by atoms with Gasteiger partial charge in [-0.05, 0) is 50.4 Å². The number of anilines is 1. The Kier molecular flexibility index (Phi) is 26.6. The van der Waals surface area contributed by atoms with Crippen molar-refractivity contribution in [3.63, 3.8) is 0 Å². The highest BCUT2D eigenvalue weighted by molar-refractivity contribution is 5.95. The maximum atomic E-state index is 13.0. The Bertz CT molecular complexity index is 1210. The third kappa shape index (κ3) is 22.3. The SMILES string of the molecule is CCCCCCCCCCCCCCCCCCNC(=O)C(CCCCN)NC(=O)CCOCC[N+](=C(N)N)c1cc(C(=O)O)ccc1NC(C)=O. The minimum Gasteiger partial charge on any atom is -0.478 e. The van der Waals surface area contributed by atoms with Crippen LogP contribution in [0.3, 0.4) is 0 Å². The van der Waals surface area contributed by atoms with Crippen molar-refractivity contribution in [1.82, 2.24) is 10.6 Å². The Balaban J connectivity index is 2.37. The van der Waals surface area contributed by atoms with Gasteiger partial charge in [0.15, 0.2) is 0 Å². The summed E-state index contributed by atoms with van der Waals surface area (Å²) in [7, 11) is 0. The van der Waals surface area contributed by atoms with Gasteiger partial charge in [-0.3, -0.25) is 25.9 Å². The van der Waals surface area contributed by atoms with E-state index in [0.29, 0.717) is 30.9 Å². The second kappa shape index (κ2) is 29.8. The number of nitrogens with one attached hydrogen (secondary N) is 3. The Morgan fingerprint density at radius 3 is 1.90 bits per heavy atom. The molecule has 0 aromatic heterocycles. The van der Waals surface area contributed by atoms with Crippen LogP contribution in [0.5, 0.6) is 0 Å².